The van der Waals surface area contributed by atoms with Gasteiger partial charge in [0.15, 0.2) is 5.69 Å². The van der Waals surface area contributed by atoms with Crippen LogP contribution in [0, 0.1) is 0 Å². The van der Waals surface area contributed by atoms with E-state index in [2.05, 4.69) is 34.4 Å². The average Bonchev–Trinajstić information content (AvgIpc) is 2.44. The number of rotatable bonds is 8. The smallest absolute Gasteiger partial charge is 0.272 e. The Hall–Kier alpha value is -1.65. The van der Waals surface area contributed by atoms with E-state index in [1.165, 1.54) is 0 Å². The van der Waals surface area contributed by atoms with Gasteiger partial charge < -0.3 is 10.6 Å². The molecule has 1 amide bonds. The fourth-order valence-electron chi connectivity index (χ4n) is 1.70. The highest BCUT2D eigenvalue weighted by atomic mass is 16.1. The number of unbranched alkanes of at least 4 members (excludes halogenated alkanes) is 1. The second kappa shape index (κ2) is 8.51. The van der Waals surface area contributed by atoms with Crippen LogP contribution in [0.2, 0.25) is 0 Å². The molecule has 0 bridgehead atoms. The highest BCUT2D eigenvalue weighted by molar-refractivity contribution is 5.97. The Labute approximate surface area is 121 Å². The first kappa shape index (κ1) is 16.4. The third kappa shape index (κ3) is 4.79. The normalized spacial score (nSPS) is 10.7. The number of hydrogen-bond acceptors (Lipinski definition) is 4. The van der Waals surface area contributed by atoms with Crippen LogP contribution in [0.4, 0.5) is 5.69 Å². The molecule has 0 aliphatic carbocycles. The largest absolute Gasteiger partial charge is 0.382 e. The molecule has 0 atom stereocenters. The highest BCUT2D eigenvalue weighted by Crippen LogP contribution is 2.16. The minimum atomic E-state index is -0.124. The van der Waals surface area contributed by atoms with Gasteiger partial charge in [-0.3, -0.25) is 4.79 Å². The van der Waals surface area contributed by atoms with Crippen LogP contribution >= 0.6 is 0 Å². The van der Waals surface area contributed by atoms with E-state index in [4.69, 9.17) is 0 Å². The number of nitrogens with one attached hydrogen (secondary N) is 2. The first-order valence-electron chi connectivity index (χ1n) is 7.49. The summed E-state index contributed by atoms with van der Waals surface area (Å²) in [5, 5.41) is 6.13. The van der Waals surface area contributed by atoms with E-state index in [1.807, 2.05) is 13.8 Å². The molecule has 1 aromatic rings. The van der Waals surface area contributed by atoms with Gasteiger partial charge in [0, 0.05) is 19.0 Å². The van der Waals surface area contributed by atoms with Crippen molar-refractivity contribution in [2.24, 2.45) is 0 Å². The average molecular weight is 278 g/mol. The molecule has 0 saturated heterocycles. The molecular formula is C15H26N4O. The predicted molar refractivity (Wildman–Crippen MR) is 82.1 cm³/mol. The molecule has 20 heavy (non-hydrogen) atoms. The Balaban J connectivity index is 2.91. The summed E-state index contributed by atoms with van der Waals surface area (Å²) in [5.41, 5.74) is 1.17. The predicted octanol–water partition coefficient (Wildman–Crippen LogP) is 2.95. The Morgan fingerprint density at radius 2 is 2.00 bits per heavy atom. The van der Waals surface area contributed by atoms with Crippen molar-refractivity contribution in [1.82, 2.24) is 15.3 Å². The zero-order chi connectivity index (χ0) is 15.0. The van der Waals surface area contributed by atoms with Crippen LogP contribution in [-0.2, 0) is 0 Å². The molecular weight excluding hydrogens is 252 g/mol. The van der Waals surface area contributed by atoms with Crippen molar-refractivity contribution in [3.63, 3.8) is 0 Å². The number of nitrogens with zero attached hydrogens (tertiary/aromatic N) is 2. The third-order valence-electron chi connectivity index (χ3n) is 2.92. The van der Waals surface area contributed by atoms with Crippen molar-refractivity contribution in [3.05, 3.63) is 17.7 Å². The summed E-state index contributed by atoms with van der Waals surface area (Å²) in [6.45, 7) is 9.71. The van der Waals surface area contributed by atoms with Gasteiger partial charge in [0.05, 0.1) is 11.9 Å². The number of carbonyl (C=O) groups is 1. The Morgan fingerprint density at radius 1 is 1.25 bits per heavy atom. The molecule has 0 aliphatic heterocycles. The van der Waals surface area contributed by atoms with Crippen molar-refractivity contribution in [1.29, 1.82) is 0 Å². The molecule has 1 aromatic heterocycles. The van der Waals surface area contributed by atoms with Gasteiger partial charge >= 0.3 is 0 Å². The molecule has 2 N–H and O–H groups in total. The lowest BCUT2D eigenvalue weighted by Gasteiger charge is -2.13. The number of hydrogen-bond donors (Lipinski definition) is 2. The maximum atomic E-state index is 12.2. The molecule has 1 heterocycles. The van der Waals surface area contributed by atoms with E-state index in [1.54, 1.807) is 6.20 Å². The molecule has 5 nitrogen and oxygen atoms in total. The number of carbonyl (C=O) groups excluding carboxylic acids is 1. The fraction of sp³-hybridized carbons (Fsp3) is 0.667. The van der Waals surface area contributed by atoms with E-state index in [-0.39, 0.29) is 11.8 Å². The topological polar surface area (TPSA) is 66.9 Å². The van der Waals surface area contributed by atoms with Gasteiger partial charge in [0.1, 0.15) is 5.82 Å². The summed E-state index contributed by atoms with van der Waals surface area (Å²) < 4.78 is 0. The molecule has 112 valence electrons. The van der Waals surface area contributed by atoms with Crippen LogP contribution in [0.15, 0.2) is 6.20 Å². The second-order valence-corrected chi connectivity index (χ2v) is 5.18. The highest BCUT2D eigenvalue weighted by Gasteiger charge is 2.15. The SMILES string of the molecule is CCCCNC(=O)c1nc(C(C)C)ncc1NCCC. The van der Waals surface area contributed by atoms with Crippen LogP contribution in [0.1, 0.15) is 69.2 Å². The van der Waals surface area contributed by atoms with Gasteiger partial charge in [-0.2, -0.15) is 0 Å². The Morgan fingerprint density at radius 3 is 2.60 bits per heavy atom. The second-order valence-electron chi connectivity index (χ2n) is 5.18. The molecule has 5 heteroatoms. The first-order chi connectivity index (χ1) is 9.60. The van der Waals surface area contributed by atoms with Gasteiger partial charge in [-0.05, 0) is 12.8 Å². The Bertz CT molecular complexity index is 432. The number of anilines is 1. The van der Waals surface area contributed by atoms with Gasteiger partial charge in [0.2, 0.25) is 0 Å². The molecule has 0 aliphatic rings. The zero-order valence-corrected chi connectivity index (χ0v) is 13.0. The molecule has 0 unspecified atom stereocenters. The number of aromatic nitrogens is 2. The fourth-order valence-corrected chi connectivity index (χ4v) is 1.70. The van der Waals surface area contributed by atoms with E-state index in [9.17, 15) is 4.79 Å². The third-order valence-corrected chi connectivity index (χ3v) is 2.92. The molecule has 0 saturated carbocycles. The minimum Gasteiger partial charge on any atom is -0.382 e. The molecule has 1 rings (SSSR count). The summed E-state index contributed by atoms with van der Waals surface area (Å²) in [7, 11) is 0. The summed E-state index contributed by atoms with van der Waals surface area (Å²) in [6, 6.07) is 0. The van der Waals surface area contributed by atoms with Crippen molar-refractivity contribution in [2.75, 3.05) is 18.4 Å². The maximum absolute atomic E-state index is 12.2. The van der Waals surface area contributed by atoms with E-state index >= 15 is 0 Å². The lowest BCUT2D eigenvalue weighted by atomic mass is 10.2. The van der Waals surface area contributed by atoms with E-state index < -0.39 is 0 Å². The van der Waals surface area contributed by atoms with Gasteiger partial charge in [-0.25, -0.2) is 9.97 Å². The Kier molecular flexibility index (Phi) is 6.98. The minimum absolute atomic E-state index is 0.124. The van der Waals surface area contributed by atoms with Crippen LogP contribution in [-0.4, -0.2) is 29.0 Å². The summed E-state index contributed by atoms with van der Waals surface area (Å²) >= 11 is 0. The molecule has 0 spiro atoms. The molecule has 0 radical (unpaired) electrons. The quantitative estimate of drug-likeness (QED) is 0.717. The monoisotopic (exact) mass is 278 g/mol. The first-order valence-corrected chi connectivity index (χ1v) is 7.49. The van der Waals surface area contributed by atoms with Crippen LogP contribution < -0.4 is 10.6 Å². The van der Waals surface area contributed by atoms with Crippen LogP contribution in [0.25, 0.3) is 0 Å². The van der Waals surface area contributed by atoms with Gasteiger partial charge in [-0.15, -0.1) is 0 Å². The van der Waals surface area contributed by atoms with E-state index in [0.717, 1.165) is 25.8 Å². The zero-order valence-electron chi connectivity index (χ0n) is 13.0. The number of amides is 1. The van der Waals surface area contributed by atoms with E-state index in [0.29, 0.717) is 23.8 Å². The van der Waals surface area contributed by atoms with Gasteiger partial charge in [-0.1, -0.05) is 34.1 Å². The maximum Gasteiger partial charge on any atom is 0.272 e. The summed E-state index contributed by atoms with van der Waals surface area (Å²) in [4.78, 5) is 21.0. The molecule has 0 fully saturated rings. The van der Waals surface area contributed by atoms with Crippen molar-refractivity contribution < 1.29 is 4.79 Å². The lowest BCUT2D eigenvalue weighted by molar-refractivity contribution is 0.0948. The molecule has 0 aromatic carbocycles. The lowest BCUT2D eigenvalue weighted by Crippen LogP contribution is -2.27. The summed E-state index contributed by atoms with van der Waals surface area (Å²) in [5.74, 6) is 0.784. The summed E-state index contributed by atoms with van der Waals surface area (Å²) in [6.07, 6.45) is 4.74. The standard InChI is InChI=1S/C15H26N4O/c1-5-7-9-17-15(20)13-12(16-8-6-2)10-18-14(19-13)11(3)4/h10-11,16H,5-9H2,1-4H3,(H,17,20). The van der Waals surface area contributed by atoms with Crippen molar-refractivity contribution in [2.45, 2.75) is 52.9 Å². The van der Waals surface area contributed by atoms with Crippen molar-refractivity contribution >= 4 is 11.6 Å². The van der Waals surface area contributed by atoms with Gasteiger partial charge in [0.25, 0.3) is 5.91 Å². The van der Waals surface area contributed by atoms with Crippen molar-refractivity contribution in [3.8, 4) is 0 Å². The van der Waals surface area contributed by atoms with Crippen LogP contribution in [0.5, 0.6) is 0 Å². The van der Waals surface area contributed by atoms with Crippen LogP contribution in [0.3, 0.4) is 0 Å².